The molecule has 0 aromatic carbocycles. The molecule has 164 valence electrons. The molecule has 10 heteroatoms. The Hall–Kier alpha value is -3.04. The van der Waals surface area contributed by atoms with E-state index in [4.69, 9.17) is 0 Å². The Morgan fingerprint density at radius 2 is 1.87 bits per heavy atom. The maximum Gasteiger partial charge on any atom is 0.433 e. The van der Waals surface area contributed by atoms with E-state index in [1.807, 2.05) is 13.8 Å². The van der Waals surface area contributed by atoms with Crippen LogP contribution in [0.2, 0.25) is 0 Å². The van der Waals surface area contributed by atoms with Crippen LogP contribution in [0.15, 0.2) is 18.5 Å². The number of alkyl halides is 3. The fourth-order valence-corrected chi connectivity index (χ4v) is 3.72. The van der Waals surface area contributed by atoms with Crippen molar-refractivity contribution in [3.05, 3.63) is 47.1 Å². The topological polar surface area (TPSA) is 85.6 Å². The van der Waals surface area contributed by atoms with Gasteiger partial charge in [-0.05, 0) is 52.5 Å². The zero-order valence-electron chi connectivity index (χ0n) is 17.7. The van der Waals surface area contributed by atoms with Gasteiger partial charge < -0.3 is 9.88 Å². The molecule has 0 unspecified atom stereocenters. The van der Waals surface area contributed by atoms with Crippen LogP contribution >= 0.6 is 0 Å². The number of amides is 1. The van der Waals surface area contributed by atoms with E-state index in [1.54, 1.807) is 11.5 Å². The van der Waals surface area contributed by atoms with Gasteiger partial charge in [0.15, 0.2) is 0 Å². The molecule has 31 heavy (non-hydrogen) atoms. The summed E-state index contributed by atoms with van der Waals surface area (Å²) in [4.78, 5) is 29.4. The van der Waals surface area contributed by atoms with E-state index >= 15 is 0 Å². The van der Waals surface area contributed by atoms with Crippen LogP contribution in [0.3, 0.4) is 0 Å². The van der Waals surface area contributed by atoms with Crippen LogP contribution < -0.4 is 5.32 Å². The zero-order valence-corrected chi connectivity index (χ0v) is 17.7. The van der Waals surface area contributed by atoms with E-state index in [0.29, 0.717) is 22.6 Å². The quantitative estimate of drug-likeness (QED) is 0.649. The SMILES string of the molecule is Cc1cnc(C(=O)N[C@H](c2nc3c(C)nc(C(F)(F)F)cc3n2C(C)C)C2CC2)cn1. The highest BCUT2D eigenvalue weighted by molar-refractivity contribution is 5.92. The van der Waals surface area contributed by atoms with Gasteiger partial charge in [-0.1, -0.05) is 0 Å². The highest BCUT2D eigenvalue weighted by Crippen LogP contribution is 2.43. The number of aromatic nitrogens is 5. The Labute approximate surface area is 177 Å². The van der Waals surface area contributed by atoms with Crippen molar-refractivity contribution in [2.24, 2.45) is 5.92 Å². The fraction of sp³-hybridized carbons (Fsp3) is 0.476. The summed E-state index contributed by atoms with van der Waals surface area (Å²) in [6.07, 6.45) is 0.162. The Kier molecular flexibility index (Phi) is 5.18. The van der Waals surface area contributed by atoms with Crippen molar-refractivity contribution in [3.8, 4) is 0 Å². The minimum atomic E-state index is -4.56. The molecule has 3 aromatic heterocycles. The van der Waals surface area contributed by atoms with Crippen LogP contribution in [0.25, 0.3) is 11.0 Å². The lowest BCUT2D eigenvalue weighted by Crippen LogP contribution is -2.32. The van der Waals surface area contributed by atoms with Gasteiger partial charge in [0.2, 0.25) is 0 Å². The lowest BCUT2D eigenvalue weighted by molar-refractivity contribution is -0.141. The van der Waals surface area contributed by atoms with Crippen LogP contribution in [0.1, 0.15) is 72.2 Å². The van der Waals surface area contributed by atoms with Crippen molar-refractivity contribution < 1.29 is 18.0 Å². The summed E-state index contributed by atoms with van der Waals surface area (Å²) in [5, 5.41) is 2.98. The number of pyridine rings is 1. The number of hydrogen-bond donors (Lipinski definition) is 1. The molecular formula is C21H23F3N6O. The van der Waals surface area contributed by atoms with Gasteiger partial charge in [0.1, 0.15) is 22.7 Å². The first-order valence-electron chi connectivity index (χ1n) is 10.1. The third kappa shape index (κ3) is 4.11. The molecule has 0 aliphatic heterocycles. The van der Waals surface area contributed by atoms with E-state index in [2.05, 4.69) is 25.3 Å². The molecule has 4 rings (SSSR count). The van der Waals surface area contributed by atoms with Crippen LogP contribution in [0, 0.1) is 19.8 Å². The second-order valence-corrected chi connectivity index (χ2v) is 8.22. The average molecular weight is 432 g/mol. The van der Waals surface area contributed by atoms with E-state index < -0.39 is 23.8 Å². The van der Waals surface area contributed by atoms with Gasteiger partial charge in [-0.15, -0.1) is 0 Å². The van der Waals surface area contributed by atoms with Crippen LogP contribution in [-0.2, 0) is 6.18 Å². The Balaban J connectivity index is 1.80. The molecule has 0 saturated heterocycles. The van der Waals surface area contributed by atoms with E-state index in [-0.39, 0.29) is 23.3 Å². The van der Waals surface area contributed by atoms with Crippen molar-refractivity contribution in [1.82, 2.24) is 29.8 Å². The van der Waals surface area contributed by atoms with Crippen molar-refractivity contribution in [2.75, 3.05) is 0 Å². The van der Waals surface area contributed by atoms with Crippen LogP contribution in [-0.4, -0.2) is 30.4 Å². The Morgan fingerprint density at radius 1 is 1.16 bits per heavy atom. The van der Waals surface area contributed by atoms with Gasteiger partial charge in [0, 0.05) is 12.2 Å². The number of halogens is 3. The average Bonchev–Trinajstić information content (AvgIpc) is 3.44. The summed E-state index contributed by atoms with van der Waals surface area (Å²) in [5.74, 6) is 0.301. The molecule has 1 aliphatic carbocycles. The first-order chi connectivity index (χ1) is 14.6. The monoisotopic (exact) mass is 432 g/mol. The molecule has 7 nitrogen and oxygen atoms in total. The lowest BCUT2D eigenvalue weighted by atomic mass is 10.1. The number of fused-ring (bicyclic) bond motifs is 1. The number of rotatable bonds is 5. The largest absolute Gasteiger partial charge is 0.433 e. The fourth-order valence-electron chi connectivity index (χ4n) is 3.72. The summed E-state index contributed by atoms with van der Waals surface area (Å²) in [6.45, 7) is 7.06. The second-order valence-electron chi connectivity index (χ2n) is 8.22. The van der Waals surface area contributed by atoms with Crippen molar-refractivity contribution in [2.45, 2.75) is 58.8 Å². The predicted octanol–water partition coefficient (Wildman–Crippen LogP) is 4.32. The molecule has 1 N–H and O–H groups in total. The normalized spacial score (nSPS) is 15.5. The Morgan fingerprint density at radius 3 is 2.42 bits per heavy atom. The van der Waals surface area contributed by atoms with E-state index in [1.165, 1.54) is 19.3 Å². The molecule has 1 amide bonds. The Bertz CT molecular complexity index is 1130. The molecule has 1 atom stereocenters. The molecular weight excluding hydrogens is 409 g/mol. The minimum Gasteiger partial charge on any atom is -0.340 e. The molecule has 0 radical (unpaired) electrons. The van der Waals surface area contributed by atoms with Gasteiger partial charge in [0.05, 0.1) is 29.1 Å². The molecule has 1 fully saturated rings. The van der Waals surface area contributed by atoms with Gasteiger partial charge >= 0.3 is 6.18 Å². The van der Waals surface area contributed by atoms with Gasteiger partial charge in [-0.3, -0.25) is 9.78 Å². The highest BCUT2D eigenvalue weighted by Gasteiger charge is 2.39. The number of nitrogens with one attached hydrogen (secondary N) is 1. The molecule has 0 bridgehead atoms. The number of nitrogens with zero attached hydrogens (tertiary/aromatic N) is 5. The molecule has 1 aliphatic rings. The third-order valence-electron chi connectivity index (χ3n) is 5.36. The predicted molar refractivity (Wildman–Crippen MR) is 107 cm³/mol. The maximum atomic E-state index is 13.4. The number of aryl methyl sites for hydroxylation is 2. The summed E-state index contributed by atoms with van der Waals surface area (Å²) in [7, 11) is 0. The number of carbonyl (C=O) groups is 1. The molecule has 3 heterocycles. The third-order valence-corrected chi connectivity index (χ3v) is 5.36. The van der Waals surface area contributed by atoms with Crippen LogP contribution in [0.5, 0.6) is 0 Å². The van der Waals surface area contributed by atoms with E-state index in [0.717, 1.165) is 18.9 Å². The van der Waals surface area contributed by atoms with Gasteiger partial charge in [-0.2, -0.15) is 13.2 Å². The summed E-state index contributed by atoms with van der Waals surface area (Å²) >= 11 is 0. The smallest absolute Gasteiger partial charge is 0.340 e. The molecule has 3 aromatic rings. The zero-order chi connectivity index (χ0) is 22.5. The summed E-state index contributed by atoms with van der Waals surface area (Å²) in [5.41, 5.74) is 0.899. The first kappa shape index (κ1) is 21.2. The van der Waals surface area contributed by atoms with E-state index in [9.17, 15) is 18.0 Å². The summed E-state index contributed by atoms with van der Waals surface area (Å²) in [6, 6.07) is 0.426. The highest BCUT2D eigenvalue weighted by atomic mass is 19.4. The van der Waals surface area contributed by atoms with Gasteiger partial charge in [0.25, 0.3) is 5.91 Å². The number of carbonyl (C=O) groups excluding carboxylic acids is 1. The lowest BCUT2D eigenvalue weighted by Gasteiger charge is -2.21. The second kappa shape index (κ2) is 7.58. The van der Waals surface area contributed by atoms with Crippen molar-refractivity contribution in [3.63, 3.8) is 0 Å². The van der Waals surface area contributed by atoms with Crippen molar-refractivity contribution in [1.29, 1.82) is 0 Å². The van der Waals surface area contributed by atoms with Crippen LogP contribution in [0.4, 0.5) is 13.2 Å². The maximum absolute atomic E-state index is 13.4. The standard InChI is InChI=1S/C21H23F3N6O/c1-10(2)30-15-7-16(21(22,23)24)27-12(4)17(15)28-19(30)18(13-5-6-13)29-20(31)14-9-25-11(3)8-26-14/h7-10,13,18H,5-6H2,1-4H3,(H,29,31)/t18-/m0/s1. The number of imidazole rings is 1. The van der Waals surface area contributed by atoms with Gasteiger partial charge in [-0.25, -0.2) is 15.0 Å². The minimum absolute atomic E-state index is 0.159. The molecule has 1 saturated carbocycles. The number of hydrogen-bond acceptors (Lipinski definition) is 5. The first-order valence-corrected chi connectivity index (χ1v) is 10.1. The molecule has 0 spiro atoms. The van der Waals surface area contributed by atoms with Crippen molar-refractivity contribution >= 4 is 16.9 Å². The summed E-state index contributed by atoms with van der Waals surface area (Å²) < 4.78 is 41.8.